The van der Waals surface area contributed by atoms with E-state index in [-0.39, 0.29) is 24.5 Å². The molecule has 5 aromatic rings. The third kappa shape index (κ3) is 10.5. The highest BCUT2D eigenvalue weighted by Crippen LogP contribution is 2.19. The predicted octanol–water partition coefficient (Wildman–Crippen LogP) is 5.80. The van der Waals surface area contributed by atoms with Crippen molar-refractivity contribution in [2.45, 2.75) is 33.5 Å². The molecule has 7 nitrogen and oxygen atoms in total. The van der Waals surface area contributed by atoms with Crippen LogP contribution in [0.5, 0.6) is 0 Å². The van der Waals surface area contributed by atoms with E-state index in [0.717, 1.165) is 64.6 Å². The summed E-state index contributed by atoms with van der Waals surface area (Å²) in [4.78, 5) is 27.3. The predicted molar refractivity (Wildman–Crippen MR) is 180 cm³/mol. The Morgan fingerprint density at radius 1 is 0.444 bits per heavy atom. The Morgan fingerprint density at radius 2 is 0.733 bits per heavy atom. The molecule has 5 rings (SSSR count). The molecule has 0 saturated heterocycles. The lowest BCUT2D eigenvalue weighted by Crippen LogP contribution is -3.00. The third-order valence-electron chi connectivity index (χ3n) is 7.10. The number of benzene rings is 5. The first-order chi connectivity index (χ1) is 21.4. The quantitative estimate of drug-likeness (QED) is 0.160. The molecule has 0 atom stereocenters. The van der Waals surface area contributed by atoms with E-state index in [1.54, 1.807) is 0 Å². The van der Waals surface area contributed by atoms with Crippen LogP contribution in [0.2, 0.25) is 0 Å². The maximum atomic E-state index is 12.5. The number of halogens is 1. The van der Waals surface area contributed by atoms with Crippen molar-refractivity contribution in [3.63, 3.8) is 0 Å². The normalized spacial score (nSPS) is 10.5. The molecule has 0 spiro atoms. The zero-order valence-electron chi connectivity index (χ0n) is 25.4. The largest absolute Gasteiger partial charge is 1.00 e. The molecule has 4 amide bonds. The summed E-state index contributed by atoms with van der Waals surface area (Å²) >= 11 is 0. The maximum Gasteiger partial charge on any atom is 0.323 e. The lowest BCUT2D eigenvalue weighted by molar-refractivity contribution is -0.0000148. The summed E-state index contributed by atoms with van der Waals surface area (Å²) in [6.45, 7) is 6.25. The summed E-state index contributed by atoms with van der Waals surface area (Å²) in [6.07, 6.45) is 0. The Bertz CT molecular complexity index is 1550. The Kier molecular flexibility index (Phi) is 11.7. The Balaban J connectivity index is 0.00000461. The first kappa shape index (κ1) is 32.8. The molecular formula is C37H37ClN5O2-. The molecule has 0 heterocycles. The number of nitrogens with zero attached hydrogens (tertiary/aromatic N) is 1. The van der Waals surface area contributed by atoms with Crippen LogP contribution in [0.1, 0.15) is 27.8 Å². The van der Waals surface area contributed by atoms with Gasteiger partial charge in [0, 0.05) is 42.4 Å². The van der Waals surface area contributed by atoms with E-state index in [9.17, 15) is 9.59 Å². The highest BCUT2D eigenvalue weighted by molar-refractivity contribution is 6.00. The van der Waals surface area contributed by atoms with Gasteiger partial charge < -0.3 is 33.7 Å². The monoisotopic (exact) mass is 618 g/mol. The minimum absolute atomic E-state index is 0. The molecule has 0 aliphatic heterocycles. The summed E-state index contributed by atoms with van der Waals surface area (Å²) in [6, 6.07) is 41.1. The first-order valence-electron chi connectivity index (χ1n) is 14.6. The number of nitrogens with one attached hydrogen (secondary N) is 4. The van der Waals surface area contributed by atoms with E-state index >= 15 is 0 Å². The number of rotatable bonds is 10. The molecule has 0 radical (unpaired) electrons. The average molecular weight is 619 g/mol. The number of urea groups is 2. The van der Waals surface area contributed by atoms with Gasteiger partial charge in [-0.15, -0.1) is 0 Å². The van der Waals surface area contributed by atoms with E-state index in [2.05, 4.69) is 50.4 Å². The Labute approximate surface area is 271 Å². The van der Waals surface area contributed by atoms with Crippen LogP contribution in [-0.2, 0) is 19.6 Å². The lowest BCUT2D eigenvalue weighted by atomic mass is 10.1. The van der Waals surface area contributed by atoms with Gasteiger partial charge in [0.15, 0.2) is 0 Å². The molecule has 0 aliphatic carbocycles. The van der Waals surface area contributed by atoms with E-state index in [0.29, 0.717) is 0 Å². The maximum absolute atomic E-state index is 12.5. The van der Waals surface area contributed by atoms with Crippen molar-refractivity contribution >= 4 is 34.8 Å². The SMILES string of the molecule is Cc1ccc(NC(=O)Nc2ccc(CN(Cc3ccccc3)Cc3ccc(NC(=O)Nc4ccc(C)cc4)cc3)cc2)cc1.[Cl-]. The molecule has 0 unspecified atom stereocenters. The van der Waals surface area contributed by atoms with E-state index < -0.39 is 0 Å². The summed E-state index contributed by atoms with van der Waals surface area (Å²) in [5.74, 6) is 0. The first-order valence-corrected chi connectivity index (χ1v) is 14.6. The van der Waals surface area contributed by atoms with Crippen molar-refractivity contribution in [2.75, 3.05) is 21.3 Å². The van der Waals surface area contributed by atoms with E-state index in [1.807, 2.05) is 117 Å². The van der Waals surface area contributed by atoms with Crippen molar-refractivity contribution in [2.24, 2.45) is 0 Å². The van der Waals surface area contributed by atoms with Crippen LogP contribution in [0.3, 0.4) is 0 Å². The number of carbonyl (C=O) groups excluding carboxylic acids is 2. The average Bonchev–Trinajstić information content (AvgIpc) is 3.02. The molecule has 0 fully saturated rings. The number of aryl methyl sites for hydroxylation is 2. The second-order valence-electron chi connectivity index (χ2n) is 10.9. The summed E-state index contributed by atoms with van der Waals surface area (Å²) in [5, 5.41) is 11.5. The molecule has 0 saturated carbocycles. The van der Waals surface area contributed by atoms with Crippen molar-refractivity contribution in [1.82, 2.24) is 4.90 Å². The Hall–Kier alpha value is -5.11. The van der Waals surface area contributed by atoms with Gasteiger partial charge in [0.05, 0.1) is 0 Å². The van der Waals surface area contributed by atoms with Gasteiger partial charge in [0.1, 0.15) is 0 Å². The second kappa shape index (κ2) is 16.1. The molecule has 45 heavy (non-hydrogen) atoms. The van der Waals surface area contributed by atoms with Crippen molar-refractivity contribution < 1.29 is 22.0 Å². The second-order valence-corrected chi connectivity index (χ2v) is 10.9. The zero-order chi connectivity index (χ0) is 30.7. The number of hydrogen-bond donors (Lipinski definition) is 4. The van der Waals surface area contributed by atoms with Gasteiger partial charge >= 0.3 is 12.1 Å². The van der Waals surface area contributed by atoms with Crippen LogP contribution in [-0.4, -0.2) is 17.0 Å². The summed E-state index contributed by atoms with van der Waals surface area (Å²) < 4.78 is 0. The van der Waals surface area contributed by atoms with Crippen LogP contribution in [0.25, 0.3) is 0 Å². The number of carbonyl (C=O) groups is 2. The van der Waals surface area contributed by atoms with Gasteiger partial charge in [-0.25, -0.2) is 9.59 Å². The fourth-order valence-corrected chi connectivity index (χ4v) is 4.77. The van der Waals surface area contributed by atoms with Crippen LogP contribution in [0.15, 0.2) is 127 Å². The van der Waals surface area contributed by atoms with Crippen LogP contribution in [0, 0.1) is 13.8 Å². The van der Waals surface area contributed by atoms with Crippen molar-refractivity contribution in [3.8, 4) is 0 Å². The molecule has 0 aromatic heterocycles. The smallest absolute Gasteiger partial charge is 0.323 e. The number of amides is 4. The van der Waals surface area contributed by atoms with Gasteiger partial charge in [-0.05, 0) is 79.1 Å². The van der Waals surface area contributed by atoms with Crippen LogP contribution in [0.4, 0.5) is 32.3 Å². The van der Waals surface area contributed by atoms with Gasteiger partial charge in [-0.3, -0.25) is 4.90 Å². The highest BCUT2D eigenvalue weighted by Gasteiger charge is 2.11. The lowest BCUT2D eigenvalue weighted by Gasteiger charge is -2.23. The van der Waals surface area contributed by atoms with Gasteiger partial charge in [-0.1, -0.05) is 90.0 Å². The zero-order valence-corrected chi connectivity index (χ0v) is 26.1. The van der Waals surface area contributed by atoms with E-state index in [4.69, 9.17) is 0 Å². The standard InChI is InChI=1S/C37H37N5O2.ClH/c1-27-8-16-32(17-9-27)38-36(43)40-34-20-12-30(13-21-34)25-42(24-29-6-4-3-5-7-29)26-31-14-22-35(23-15-31)41-37(44)39-33-18-10-28(2)11-19-33;/h3-23H,24-26H2,1-2H3,(H2,38,40,43)(H2,39,41,44);1H/p-1. The molecule has 0 aliphatic rings. The minimum atomic E-state index is -0.280. The van der Waals surface area contributed by atoms with Crippen molar-refractivity contribution in [3.05, 3.63) is 155 Å². The number of anilines is 4. The molecule has 8 heteroatoms. The molecule has 5 aromatic carbocycles. The van der Waals surface area contributed by atoms with Gasteiger partial charge in [0.25, 0.3) is 0 Å². The fraction of sp³-hybridized carbons (Fsp3) is 0.135. The highest BCUT2D eigenvalue weighted by atomic mass is 35.5. The minimum Gasteiger partial charge on any atom is -1.00 e. The molecule has 0 bridgehead atoms. The summed E-state index contributed by atoms with van der Waals surface area (Å²) in [5.41, 5.74) is 8.72. The molecular weight excluding hydrogens is 582 g/mol. The van der Waals surface area contributed by atoms with Gasteiger partial charge in [-0.2, -0.15) is 0 Å². The van der Waals surface area contributed by atoms with Crippen LogP contribution >= 0.6 is 0 Å². The molecule has 4 N–H and O–H groups in total. The molecule has 230 valence electrons. The van der Waals surface area contributed by atoms with E-state index in [1.165, 1.54) is 5.56 Å². The van der Waals surface area contributed by atoms with Crippen LogP contribution < -0.4 is 33.7 Å². The number of hydrogen-bond acceptors (Lipinski definition) is 3. The topological polar surface area (TPSA) is 85.5 Å². The Morgan fingerprint density at radius 3 is 1.07 bits per heavy atom. The fourth-order valence-electron chi connectivity index (χ4n) is 4.77. The summed E-state index contributed by atoms with van der Waals surface area (Å²) in [7, 11) is 0. The van der Waals surface area contributed by atoms with Crippen molar-refractivity contribution in [1.29, 1.82) is 0 Å². The third-order valence-corrected chi connectivity index (χ3v) is 7.10. The van der Waals surface area contributed by atoms with Gasteiger partial charge in [0.2, 0.25) is 0 Å².